The number of fused-ring (bicyclic) bond motifs is 1. The lowest BCUT2D eigenvalue weighted by molar-refractivity contribution is 0.176. The van der Waals surface area contributed by atoms with E-state index in [2.05, 4.69) is 21.8 Å². The van der Waals surface area contributed by atoms with Crippen LogP contribution in [0, 0.1) is 17.6 Å². The largest absolute Gasteiger partial charge is 0.339 e. The molecule has 3 rings (SSSR count). The summed E-state index contributed by atoms with van der Waals surface area (Å²) < 4.78 is 27.3. The van der Waals surface area contributed by atoms with Crippen molar-refractivity contribution in [3.63, 3.8) is 0 Å². The lowest BCUT2D eigenvalue weighted by Gasteiger charge is -2.31. The van der Waals surface area contributed by atoms with Crippen LogP contribution in [-0.2, 0) is 6.42 Å². The van der Waals surface area contributed by atoms with Crippen molar-refractivity contribution in [2.24, 2.45) is 5.92 Å². The molecule has 132 valence electrons. The molecule has 1 aromatic heterocycles. The zero-order valence-corrected chi connectivity index (χ0v) is 14.5. The number of hydrogen-bond donors (Lipinski definition) is 1. The van der Waals surface area contributed by atoms with Gasteiger partial charge in [-0.15, -0.1) is 0 Å². The second-order valence-corrected chi connectivity index (χ2v) is 6.97. The van der Waals surface area contributed by atoms with Crippen molar-refractivity contribution in [2.45, 2.75) is 51.9 Å². The van der Waals surface area contributed by atoms with Gasteiger partial charge in [0.1, 0.15) is 22.7 Å². The molecule has 1 aliphatic rings. The van der Waals surface area contributed by atoms with Crippen LogP contribution in [0.2, 0.25) is 0 Å². The van der Waals surface area contributed by atoms with Crippen LogP contribution in [0.25, 0.3) is 11.0 Å². The molecule has 0 spiro atoms. The molecule has 0 aliphatic carbocycles. The van der Waals surface area contributed by atoms with Gasteiger partial charge in [0.25, 0.3) is 0 Å². The van der Waals surface area contributed by atoms with Crippen molar-refractivity contribution in [1.82, 2.24) is 14.9 Å². The number of unbranched alkanes of at least 4 members (excludes halogenated alkanes) is 1. The van der Waals surface area contributed by atoms with E-state index >= 15 is 0 Å². The molecule has 0 radical (unpaired) electrons. The number of piperidine rings is 1. The van der Waals surface area contributed by atoms with Gasteiger partial charge >= 0.3 is 0 Å². The van der Waals surface area contributed by atoms with Gasteiger partial charge in [-0.2, -0.15) is 0 Å². The van der Waals surface area contributed by atoms with E-state index in [0.717, 1.165) is 37.4 Å². The van der Waals surface area contributed by atoms with Gasteiger partial charge in [0.15, 0.2) is 5.82 Å². The van der Waals surface area contributed by atoms with Crippen molar-refractivity contribution in [3.05, 3.63) is 29.6 Å². The van der Waals surface area contributed by atoms with Crippen LogP contribution in [0.3, 0.4) is 0 Å². The van der Waals surface area contributed by atoms with Gasteiger partial charge < -0.3 is 9.88 Å². The third-order valence-electron chi connectivity index (χ3n) is 5.15. The number of imidazole rings is 1. The zero-order chi connectivity index (χ0) is 16.9. The molecule has 0 saturated carbocycles. The van der Waals surface area contributed by atoms with Gasteiger partial charge in [0.2, 0.25) is 0 Å². The molecule has 1 aliphatic heterocycles. The van der Waals surface area contributed by atoms with Crippen LogP contribution in [0.4, 0.5) is 8.78 Å². The molecule has 3 nitrogen and oxygen atoms in total. The van der Waals surface area contributed by atoms with E-state index in [4.69, 9.17) is 0 Å². The molecule has 0 atom stereocenters. The predicted octanol–water partition coefficient (Wildman–Crippen LogP) is 4.68. The Kier molecular flexibility index (Phi) is 5.82. The topological polar surface area (TPSA) is 31.9 Å². The Balaban J connectivity index is 1.46. The smallest absolute Gasteiger partial charge is 0.151 e. The number of aryl methyl sites for hydroxylation is 1. The molecule has 0 bridgehead atoms. The summed E-state index contributed by atoms with van der Waals surface area (Å²) in [6, 6.07) is 2.27. The maximum Gasteiger partial charge on any atom is 0.151 e. The normalized spacial score (nSPS) is 17.0. The van der Waals surface area contributed by atoms with Gasteiger partial charge in [-0.25, -0.2) is 13.8 Å². The lowest BCUT2D eigenvalue weighted by Crippen LogP contribution is -2.34. The summed E-state index contributed by atoms with van der Waals surface area (Å²) >= 11 is 0. The number of aromatic nitrogens is 2. The van der Waals surface area contributed by atoms with Crippen LogP contribution < -0.4 is 0 Å². The van der Waals surface area contributed by atoms with Gasteiger partial charge in [-0.1, -0.05) is 26.2 Å². The summed E-state index contributed by atoms with van der Waals surface area (Å²) in [7, 11) is 0. The highest BCUT2D eigenvalue weighted by molar-refractivity contribution is 5.76. The minimum absolute atomic E-state index is 0.113. The molecule has 24 heavy (non-hydrogen) atoms. The standard InChI is InChI=1S/C19H27F2N3/c1-2-3-5-14-9-12-24(13-10-14)11-4-6-17-22-18-15(20)7-8-16(21)19(18)23-17/h7-8,14H,2-6,9-13H2,1H3,(H,22,23). The van der Waals surface area contributed by atoms with E-state index < -0.39 is 11.6 Å². The number of likely N-dealkylation sites (tertiary alicyclic amines) is 1. The summed E-state index contributed by atoms with van der Waals surface area (Å²) in [5.41, 5.74) is 0.295. The average molecular weight is 335 g/mol. The van der Waals surface area contributed by atoms with Crippen molar-refractivity contribution >= 4 is 11.0 Å². The van der Waals surface area contributed by atoms with Crippen LogP contribution in [0.5, 0.6) is 0 Å². The Labute approximate surface area is 142 Å². The van der Waals surface area contributed by atoms with Crippen molar-refractivity contribution in [1.29, 1.82) is 0 Å². The highest BCUT2D eigenvalue weighted by Crippen LogP contribution is 2.23. The molecular weight excluding hydrogens is 308 g/mol. The first kappa shape index (κ1) is 17.3. The third kappa shape index (κ3) is 4.12. The van der Waals surface area contributed by atoms with Crippen molar-refractivity contribution in [3.8, 4) is 0 Å². The molecule has 1 saturated heterocycles. The van der Waals surface area contributed by atoms with E-state index in [1.807, 2.05) is 0 Å². The monoisotopic (exact) mass is 335 g/mol. The summed E-state index contributed by atoms with van der Waals surface area (Å²) in [4.78, 5) is 9.65. The van der Waals surface area contributed by atoms with E-state index in [9.17, 15) is 8.78 Å². The van der Waals surface area contributed by atoms with Gasteiger partial charge in [-0.3, -0.25) is 0 Å². The molecule has 0 amide bonds. The van der Waals surface area contributed by atoms with E-state index in [1.165, 1.54) is 45.2 Å². The SMILES string of the molecule is CCCCC1CCN(CCCc2nc3c(F)ccc(F)c3[nH]2)CC1. The molecule has 0 unspecified atom stereocenters. The highest BCUT2D eigenvalue weighted by atomic mass is 19.1. The fourth-order valence-corrected chi connectivity index (χ4v) is 3.66. The molecule has 5 heteroatoms. The maximum atomic E-state index is 13.7. The van der Waals surface area contributed by atoms with Crippen LogP contribution >= 0.6 is 0 Å². The molecule has 1 fully saturated rings. The molecular formula is C19H27F2N3. The number of nitrogens with zero attached hydrogens (tertiary/aromatic N) is 2. The Morgan fingerprint density at radius 3 is 2.62 bits per heavy atom. The summed E-state index contributed by atoms with van der Waals surface area (Å²) in [6.07, 6.45) is 8.32. The fourth-order valence-electron chi connectivity index (χ4n) is 3.66. The van der Waals surface area contributed by atoms with Crippen LogP contribution in [-0.4, -0.2) is 34.5 Å². The first-order valence-corrected chi connectivity index (χ1v) is 9.22. The highest BCUT2D eigenvalue weighted by Gasteiger charge is 2.18. The second kappa shape index (κ2) is 8.06. The predicted molar refractivity (Wildman–Crippen MR) is 93.0 cm³/mol. The Morgan fingerprint density at radius 2 is 1.92 bits per heavy atom. The minimum Gasteiger partial charge on any atom is -0.339 e. The van der Waals surface area contributed by atoms with Crippen LogP contribution in [0.1, 0.15) is 51.3 Å². The average Bonchev–Trinajstić information content (AvgIpc) is 3.03. The summed E-state index contributed by atoms with van der Waals surface area (Å²) in [5.74, 6) is 0.664. The zero-order valence-electron chi connectivity index (χ0n) is 14.5. The summed E-state index contributed by atoms with van der Waals surface area (Å²) in [6.45, 7) is 5.64. The Morgan fingerprint density at radius 1 is 1.17 bits per heavy atom. The fraction of sp³-hybridized carbons (Fsp3) is 0.632. The Hall–Kier alpha value is -1.49. The summed E-state index contributed by atoms with van der Waals surface area (Å²) in [5, 5.41) is 0. The number of hydrogen-bond acceptors (Lipinski definition) is 2. The van der Waals surface area contributed by atoms with Gasteiger partial charge in [0, 0.05) is 6.42 Å². The quantitative estimate of drug-likeness (QED) is 0.797. The van der Waals surface area contributed by atoms with E-state index in [-0.39, 0.29) is 11.0 Å². The maximum absolute atomic E-state index is 13.7. The number of nitrogens with one attached hydrogen (secondary N) is 1. The number of H-pyrrole nitrogens is 1. The number of aromatic amines is 1. The minimum atomic E-state index is -0.469. The van der Waals surface area contributed by atoms with Gasteiger partial charge in [-0.05, 0) is 56.9 Å². The van der Waals surface area contributed by atoms with E-state index in [0.29, 0.717) is 5.82 Å². The van der Waals surface area contributed by atoms with Crippen molar-refractivity contribution < 1.29 is 8.78 Å². The van der Waals surface area contributed by atoms with Gasteiger partial charge in [0.05, 0.1) is 0 Å². The van der Waals surface area contributed by atoms with E-state index in [1.54, 1.807) is 0 Å². The molecule has 1 N–H and O–H groups in total. The van der Waals surface area contributed by atoms with Crippen LogP contribution in [0.15, 0.2) is 12.1 Å². The number of halogens is 2. The first-order valence-electron chi connectivity index (χ1n) is 9.22. The molecule has 1 aromatic carbocycles. The Bertz CT molecular complexity index is 621. The molecule has 2 heterocycles. The second-order valence-electron chi connectivity index (χ2n) is 6.97. The molecule has 2 aromatic rings. The number of rotatable bonds is 7. The lowest BCUT2D eigenvalue weighted by atomic mass is 9.91. The number of benzene rings is 1. The third-order valence-corrected chi connectivity index (χ3v) is 5.15. The first-order chi connectivity index (χ1) is 11.7. The van der Waals surface area contributed by atoms with Crippen molar-refractivity contribution in [2.75, 3.05) is 19.6 Å².